The predicted molar refractivity (Wildman–Crippen MR) is 72.0 cm³/mol. The Labute approximate surface area is 112 Å². The molecule has 0 aliphatic carbocycles. The van der Waals surface area contributed by atoms with E-state index in [1.165, 1.54) is 13.8 Å². The molecule has 0 aromatic rings. The van der Waals surface area contributed by atoms with E-state index in [9.17, 15) is 13.2 Å². The Balaban J connectivity index is 2.73. The molecule has 6 heteroatoms. The molecule has 1 fully saturated rings. The van der Waals surface area contributed by atoms with Gasteiger partial charge in [0.25, 0.3) is 0 Å². The Bertz CT molecular complexity index is 392. The highest BCUT2D eigenvalue weighted by atomic mass is 79.9. The molecule has 0 radical (unpaired) electrons. The summed E-state index contributed by atoms with van der Waals surface area (Å²) in [6.45, 7) is 4.34. The maximum atomic E-state index is 12.2. The lowest BCUT2D eigenvalue weighted by Crippen LogP contribution is -2.48. The summed E-state index contributed by atoms with van der Waals surface area (Å²) in [5.41, 5.74) is 0. The van der Waals surface area contributed by atoms with Crippen molar-refractivity contribution in [2.45, 2.75) is 31.4 Å². The molecule has 1 saturated heterocycles. The van der Waals surface area contributed by atoms with Crippen LogP contribution in [0.2, 0.25) is 0 Å². The SMILES string of the molecule is CC(C)(C(=O)N1CCC(CCBr)C1)S(C)(=O)=O. The number of nitrogens with zero attached hydrogens (tertiary/aromatic N) is 1. The smallest absolute Gasteiger partial charge is 0.243 e. The van der Waals surface area contributed by atoms with Gasteiger partial charge in [0.1, 0.15) is 4.75 Å². The monoisotopic (exact) mass is 325 g/mol. The van der Waals surface area contributed by atoms with Crippen LogP contribution in [0.25, 0.3) is 0 Å². The van der Waals surface area contributed by atoms with Gasteiger partial charge in [-0.2, -0.15) is 0 Å². The molecule has 0 aromatic carbocycles. The topological polar surface area (TPSA) is 54.5 Å². The third-order valence-corrected chi connectivity index (χ3v) is 6.02. The van der Waals surface area contributed by atoms with E-state index in [0.717, 1.165) is 24.4 Å². The Morgan fingerprint density at radius 2 is 2.06 bits per heavy atom. The highest BCUT2D eigenvalue weighted by Gasteiger charge is 2.42. The summed E-state index contributed by atoms with van der Waals surface area (Å²) in [5, 5.41) is 0.926. The standard InChI is InChI=1S/C11H20BrNO3S/c1-11(2,17(3,15)16)10(14)13-7-5-9(8-13)4-6-12/h9H,4-8H2,1-3H3. The van der Waals surface area contributed by atoms with E-state index in [1.807, 2.05) is 0 Å². The van der Waals surface area contributed by atoms with Crippen LogP contribution in [0.3, 0.4) is 0 Å². The minimum Gasteiger partial charge on any atom is -0.341 e. The molecule has 1 heterocycles. The highest BCUT2D eigenvalue weighted by molar-refractivity contribution is 9.09. The van der Waals surface area contributed by atoms with E-state index in [0.29, 0.717) is 19.0 Å². The summed E-state index contributed by atoms with van der Waals surface area (Å²) in [5.74, 6) is 0.228. The molecule has 1 unspecified atom stereocenters. The van der Waals surface area contributed by atoms with Gasteiger partial charge in [0.15, 0.2) is 9.84 Å². The van der Waals surface area contributed by atoms with Gasteiger partial charge in [0, 0.05) is 24.7 Å². The first kappa shape index (κ1) is 15.0. The average Bonchev–Trinajstić information content (AvgIpc) is 2.64. The summed E-state index contributed by atoms with van der Waals surface area (Å²) in [6.07, 6.45) is 3.12. The van der Waals surface area contributed by atoms with Gasteiger partial charge in [0.05, 0.1) is 0 Å². The predicted octanol–water partition coefficient (Wildman–Crippen LogP) is 1.44. The fourth-order valence-corrected chi connectivity index (χ4v) is 3.04. The quantitative estimate of drug-likeness (QED) is 0.735. The molecule has 4 nitrogen and oxygen atoms in total. The average molecular weight is 326 g/mol. The van der Waals surface area contributed by atoms with Crippen LogP contribution in [-0.4, -0.2) is 48.6 Å². The zero-order chi connectivity index (χ0) is 13.3. The van der Waals surface area contributed by atoms with Crippen molar-refractivity contribution in [2.24, 2.45) is 5.92 Å². The third-order valence-electron chi connectivity index (χ3n) is 3.53. The number of hydrogen-bond donors (Lipinski definition) is 0. The van der Waals surface area contributed by atoms with E-state index in [4.69, 9.17) is 0 Å². The molecule has 17 heavy (non-hydrogen) atoms. The molecule has 0 saturated carbocycles. The lowest BCUT2D eigenvalue weighted by Gasteiger charge is -2.27. The second-order valence-electron chi connectivity index (χ2n) is 5.17. The number of halogens is 1. The van der Waals surface area contributed by atoms with Crippen LogP contribution in [0.5, 0.6) is 0 Å². The normalized spacial score (nSPS) is 21.9. The van der Waals surface area contributed by atoms with Crippen molar-refractivity contribution in [1.82, 2.24) is 4.90 Å². The van der Waals surface area contributed by atoms with Gasteiger partial charge < -0.3 is 4.90 Å². The summed E-state index contributed by atoms with van der Waals surface area (Å²) in [7, 11) is -3.37. The second kappa shape index (κ2) is 5.26. The van der Waals surface area contributed by atoms with Crippen LogP contribution in [0.1, 0.15) is 26.7 Å². The summed E-state index contributed by atoms with van der Waals surface area (Å²) in [4.78, 5) is 13.9. The van der Waals surface area contributed by atoms with Crippen molar-refractivity contribution in [2.75, 3.05) is 24.7 Å². The Morgan fingerprint density at radius 1 is 1.47 bits per heavy atom. The van der Waals surface area contributed by atoms with Crippen LogP contribution in [0, 0.1) is 5.92 Å². The number of rotatable bonds is 4. The number of alkyl halides is 1. The molecule has 1 aliphatic heterocycles. The summed E-state index contributed by atoms with van der Waals surface area (Å²) < 4.78 is 21.9. The lowest BCUT2D eigenvalue weighted by atomic mass is 10.1. The van der Waals surface area contributed by atoms with Crippen LogP contribution < -0.4 is 0 Å². The van der Waals surface area contributed by atoms with Gasteiger partial charge in [-0.25, -0.2) is 8.42 Å². The maximum absolute atomic E-state index is 12.2. The molecular formula is C11H20BrNO3S. The Kier molecular flexibility index (Phi) is 4.63. The van der Waals surface area contributed by atoms with Gasteiger partial charge in [-0.3, -0.25) is 4.79 Å². The van der Waals surface area contributed by atoms with E-state index >= 15 is 0 Å². The van der Waals surface area contributed by atoms with Gasteiger partial charge in [-0.15, -0.1) is 0 Å². The fourth-order valence-electron chi connectivity index (χ4n) is 1.95. The zero-order valence-electron chi connectivity index (χ0n) is 10.6. The minimum absolute atomic E-state index is 0.267. The van der Waals surface area contributed by atoms with Gasteiger partial charge in [-0.05, 0) is 32.6 Å². The number of carbonyl (C=O) groups is 1. The van der Waals surface area contributed by atoms with Crippen LogP contribution in [0.4, 0.5) is 0 Å². The summed E-state index contributed by atoms with van der Waals surface area (Å²) in [6, 6.07) is 0. The molecule has 100 valence electrons. The van der Waals surface area contributed by atoms with Crippen LogP contribution in [0.15, 0.2) is 0 Å². The highest BCUT2D eigenvalue weighted by Crippen LogP contribution is 2.25. The molecule has 0 spiro atoms. The zero-order valence-corrected chi connectivity index (χ0v) is 13.0. The first-order valence-electron chi connectivity index (χ1n) is 5.75. The van der Waals surface area contributed by atoms with Gasteiger partial charge in [-0.1, -0.05) is 15.9 Å². The first-order chi connectivity index (χ1) is 7.70. The van der Waals surface area contributed by atoms with Crippen molar-refractivity contribution in [3.8, 4) is 0 Å². The molecule has 0 bridgehead atoms. The maximum Gasteiger partial charge on any atom is 0.243 e. The van der Waals surface area contributed by atoms with E-state index in [2.05, 4.69) is 15.9 Å². The minimum atomic E-state index is -3.37. The molecule has 1 atom stereocenters. The lowest BCUT2D eigenvalue weighted by molar-refractivity contribution is -0.132. The Hall–Kier alpha value is -0.100. The molecule has 1 rings (SSSR count). The molecule has 0 N–H and O–H groups in total. The number of likely N-dealkylation sites (tertiary alicyclic amines) is 1. The van der Waals surface area contributed by atoms with Crippen molar-refractivity contribution in [3.63, 3.8) is 0 Å². The number of sulfone groups is 1. The first-order valence-corrected chi connectivity index (χ1v) is 8.76. The van der Waals surface area contributed by atoms with E-state index in [1.54, 1.807) is 4.90 Å². The summed E-state index contributed by atoms with van der Waals surface area (Å²) >= 11 is 3.39. The van der Waals surface area contributed by atoms with Crippen LogP contribution in [-0.2, 0) is 14.6 Å². The number of amides is 1. The van der Waals surface area contributed by atoms with Crippen LogP contribution >= 0.6 is 15.9 Å². The third kappa shape index (κ3) is 3.22. The van der Waals surface area contributed by atoms with E-state index in [-0.39, 0.29) is 5.91 Å². The van der Waals surface area contributed by atoms with Crippen molar-refractivity contribution in [1.29, 1.82) is 0 Å². The molecule has 0 aromatic heterocycles. The van der Waals surface area contributed by atoms with Crippen molar-refractivity contribution >= 4 is 31.7 Å². The molecular weight excluding hydrogens is 306 g/mol. The number of carbonyl (C=O) groups excluding carboxylic acids is 1. The van der Waals surface area contributed by atoms with Gasteiger partial charge >= 0.3 is 0 Å². The molecule has 1 aliphatic rings. The fraction of sp³-hybridized carbons (Fsp3) is 0.909. The van der Waals surface area contributed by atoms with E-state index < -0.39 is 14.6 Å². The van der Waals surface area contributed by atoms with Gasteiger partial charge in [0.2, 0.25) is 5.91 Å². The molecule has 1 amide bonds. The second-order valence-corrected chi connectivity index (χ2v) is 8.52. The Morgan fingerprint density at radius 3 is 2.53 bits per heavy atom. The number of hydrogen-bond acceptors (Lipinski definition) is 3. The largest absolute Gasteiger partial charge is 0.341 e. The van der Waals surface area contributed by atoms with Crippen molar-refractivity contribution < 1.29 is 13.2 Å². The van der Waals surface area contributed by atoms with Crippen molar-refractivity contribution in [3.05, 3.63) is 0 Å².